The van der Waals surface area contributed by atoms with Crippen molar-refractivity contribution >= 4 is 23.7 Å². The number of nitrogens with two attached hydrogens (primary N) is 1. The van der Waals surface area contributed by atoms with Crippen LogP contribution in [-0.4, -0.2) is 11.3 Å². The predicted molar refractivity (Wildman–Crippen MR) is 39.0 cm³/mol. The second kappa shape index (κ2) is 2.66. The van der Waals surface area contributed by atoms with Gasteiger partial charge in [0, 0.05) is 5.02 Å². The van der Waals surface area contributed by atoms with Crippen LogP contribution < -0.4 is 5.73 Å². The first-order chi connectivity index (χ1) is 4.72. The van der Waals surface area contributed by atoms with E-state index in [-0.39, 0.29) is 11.5 Å². The van der Waals surface area contributed by atoms with E-state index in [0.717, 1.165) is 0 Å². The molecular weight excluding hydrogens is 152 g/mol. The molecule has 0 unspecified atom stereocenters. The lowest BCUT2D eigenvalue weighted by molar-refractivity contribution is 0.111. The Morgan fingerprint density at radius 1 is 1.60 bits per heavy atom. The number of nitrogens with zero attached hydrogens (tertiary/aromatic N) is 1. The molecule has 0 radical (unpaired) electrons. The first-order valence-electron chi connectivity index (χ1n) is 2.60. The van der Waals surface area contributed by atoms with Crippen molar-refractivity contribution in [3.63, 3.8) is 0 Å². The molecule has 0 aromatic carbocycles. The Morgan fingerprint density at radius 2 is 2.30 bits per heavy atom. The van der Waals surface area contributed by atoms with Crippen LogP contribution in [0.2, 0.25) is 5.02 Å². The second-order valence-electron chi connectivity index (χ2n) is 1.75. The van der Waals surface area contributed by atoms with E-state index >= 15 is 0 Å². The summed E-state index contributed by atoms with van der Waals surface area (Å²) in [5.41, 5.74) is 5.54. The summed E-state index contributed by atoms with van der Waals surface area (Å²) in [5, 5.41) is 0.426. The molecule has 52 valence electrons. The second-order valence-corrected chi connectivity index (χ2v) is 2.19. The fraction of sp³-hybridized carbons (Fsp3) is 0. The van der Waals surface area contributed by atoms with Gasteiger partial charge in [0.1, 0.15) is 11.5 Å². The standard InChI is InChI=1S/C6H5ClN2O/c7-4-1-5(3-10)9-6(8)2-4/h1-3H,(H2,8,9). The highest BCUT2D eigenvalue weighted by molar-refractivity contribution is 6.31. The van der Waals surface area contributed by atoms with Crippen molar-refractivity contribution in [1.82, 2.24) is 4.98 Å². The van der Waals surface area contributed by atoms with Gasteiger partial charge in [0.15, 0.2) is 6.29 Å². The molecule has 0 spiro atoms. The molecule has 0 saturated heterocycles. The number of aromatic nitrogens is 1. The van der Waals surface area contributed by atoms with Crippen molar-refractivity contribution < 1.29 is 4.79 Å². The number of hydrogen-bond donors (Lipinski definition) is 1. The van der Waals surface area contributed by atoms with Crippen LogP contribution in [0.4, 0.5) is 5.82 Å². The minimum absolute atomic E-state index is 0.255. The third-order valence-corrected chi connectivity index (χ3v) is 1.17. The molecular formula is C6H5ClN2O. The minimum atomic E-state index is 0.255. The fourth-order valence-corrected chi connectivity index (χ4v) is 0.822. The quantitative estimate of drug-likeness (QED) is 0.621. The van der Waals surface area contributed by atoms with Gasteiger partial charge in [0.2, 0.25) is 0 Å². The maximum Gasteiger partial charge on any atom is 0.168 e. The van der Waals surface area contributed by atoms with Gasteiger partial charge in [0.25, 0.3) is 0 Å². The summed E-state index contributed by atoms with van der Waals surface area (Å²) in [5.74, 6) is 0.259. The third kappa shape index (κ3) is 1.45. The number of halogens is 1. The summed E-state index contributed by atoms with van der Waals surface area (Å²) >= 11 is 5.55. The highest BCUT2D eigenvalue weighted by Gasteiger charge is 1.95. The Balaban J connectivity index is 3.18. The summed E-state index contributed by atoms with van der Waals surface area (Å²) in [6.07, 6.45) is 0.599. The normalized spacial score (nSPS) is 9.30. The predicted octanol–water partition coefficient (Wildman–Crippen LogP) is 1.13. The molecule has 0 amide bonds. The fourth-order valence-electron chi connectivity index (χ4n) is 0.598. The molecule has 0 fully saturated rings. The smallest absolute Gasteiger partial charge is 0.168 e. The van der Waals surface area contributed by atoms with E-state index in [2.05, 4.69) is 4.98 Å². The molecule has 0 saturated carbocycles. The third-order valence-electron chi connectivity index (χ3n) is 0.950. The average molecular weight is 157 g/mol. The lowest BCUT2D eigenvalue weighted by Gasteiger charge is -1.93. The SMILES string of the molecule is Nc1cc(Cl)cc(C=O)n1. The van der Waals surface area contributed by atoms with Crippen LogP contribution >= 0.6 is 11.6 Å². The summed E-state index contributed by atoms with van der Waals surface area (Å²) in [6.45, 7) is 0. The molecule has 1 aromatic heterocycles. The van der Waals surface area contributed by atoms with E-state index in [1.165, 1.54) is 12.1 Å². The van der Waals surface area contributed by atoms with Crippen molar-refractivity contribution in [2.45, 2.75) is 0 Å². The lowest BCUT2D eigenvalue weighted by Crippen LogP contribution is -1.93. The number of pyridine rings is 1. The van der Waals surface area contributed by atoms with Crippen molar-refractivity contribution in [3.05, 3.63) is 22.8 Å². The first kappa shape index (κ1) is 7.02. The lowest BCUT2D eigenvalue weighted by atomic mass is 10.4. The van der Waals surface area contributed by atoms with Crippen molar-refractivity contribution in [1.29, 1.82) is 0 Å². The van der Waals surface area contributed by atoms with E-state index in [1.54, 1.807) is 0 Å². The minimum Gasteiger partial charge on any atom is -0.384 e. The zero-order valence-corrected chi connectivity index (χ0v) is 5.80. The van der Waals surface area contributed by atoms with Crippen molar-refractivity contribution in [3.8, 4) is 0 Å². The Hall–Kier alpha value is -1.09. The molecule has 0 bridgehead atoms. The van der Waals surface area contributed by atoms with Gasteiger partial charge in [-0.15, -0.1) is 0 Å². The molecule has 3 nitrogen and oxygen atoms in total. The van der Waals surface area contributed by atoms with E-state index in [1.807, 2.05) is 0 Å². The molecule has 0 atom stereocenters. The van der Waals surface area contributed by atoms with Crippen LogP contribution in [0.3, 0.4) is 0 Å². The van der Waals surface area contributed by atoms with Gasteiger partial charge in [-0.1, -0.05) is 11.6 Å². The summed E-state index contributed by atoms with van der Waals surface area (Å²) < 4.78 is 0. The number of carbonyl (C=O) groups excluding carboxylic acids is 1. The molecule has 0 aliphatic heterocycles. The van der Waals surface area contributed by atoms with E-state index in [4.69, 9.17) is 17.3 Å². The van der Waals surface area contributed by atoms with Crippen molar-refractivity contribution in [2.75, 3.05) is 5.73 Å². The highest BCUT2D eigenvalue weighted by atomic mass is 35.5. The Labute approximate surface area is 62.8 Å². The van der Waals surface area contributed by atoms with Crippen molar-refractivity contribution in [2.24, 2.45) is 0 Å². The topological polar surface area (TPSA) is 56.0 Å². The molecule has 10 heavy (non-hydrogen) atoms. The number of hydrogen-bond acceptors (Lipinski definition) is 3. The Bertz CT molecular complexity index is 242. The van der Waals surface area contributed by atoms with Crippen LogP contribution in [-0.2, 0) is 0 Å². The van der Waals surface area contributed by atoms with Crippen LogP contribution in [0.5, 0.6) is 0 Å². The number of carbonyl (C=O) groups is 1. The molecule has 1 aromatic rings. The first-order valence-corrected chi connectivity index (χ1v) is 2.98. The van der Waals surface area contributed by atoms with Gasteiger partial charge < -0.3 is 5.73 Å². The van der Waals surface area contributed by atoms with Gasteiger partial charge >= 0.3 is 0 Å². The van der Waals surface area contributed by atoms with Gasteiger partial charge in [-0.2, -0.15) is 0 Å². The number of aldehydes is 1. The maximum atomic E-state index is 10.1. The molecule has 2 N–H and O–H groups in total. The number of anilines is 1. The molecule has 0 aliphatic rings. The van der Waals surface area contributed by atoms with E-state index < -0.39 is 0 Å². The zero-order valence-electron chi connectivity index (χ0n) is 5.04. The number of nitrogen functional groups attached to an aromatic ring is 1. The summed E-state index contributed by atoms with van der Waals surface area (Å²) in [6, 6.07) is 2.93. The highest BCUT2D eigenvalue weighted by Crippen LogP contribution is 2.11. The van der Waals surface area contributed by atoms with Gasteiger partial charge in [-0.05, 0) is 12.1 Å². The maximum absolute atomic E-state index is 10.1. The molecule has 1 rings (SSSR count). The zero-order chi connectivity index (χ0) is 7.56. The van der Waals surface area contributed by atoms with E-state index in [0.29, 0.717) is 11.3 Å². The van der Waals surface area contributed by atoms with Gasteiger partial charge in [-0.3, -0.25) is 4.79 Å². The molecule has 0 aliphatic carbocycles. The van der Waals surface area contributed by atoms with Crippen LogP contribution in [0.1, 0.15) is 10.5 Å². The average Bonchev–Trinajstić information content (AvgIpc) is 1.85. The van der Waals surface area contributed by atoms with Crippen LogP contribution in [0, 0.1) is 0 Å². The number of rotatable bonds is 1. The Kier molecular flexibility index (Phi) is 1.87. The van der Waals surface area contributed by atoms with Crippen LogP contribution in [0.25, 0.3) is 0 Å². The summed E-state index contributed by atoms with van der Waals surface area (Å²) in [7, 11) is 0. The van der Waals surface area contributed by atoms with Crippen LogP contribution in [0.15, 0.2) is 12.1 Å². The van der Waals surface area contributed by atoms with Gasteiger partial charge in [-0.25, -0.2) is 4.98 Å². The van der Waals surface area contributed by atoms with E-state index in [9.17, 15) is 4.79 Å². The molecule has 4 heteroatoms. The Morgan fingerprint density at radius 3 is 2.80 bits per heavy atom. The van der Waals surface area contributed by atoms with Gasteiger partial charge in [0.05, 0.1) is 0 Å². The monoisotopic (exact) mass is 156 g/mol. The largest absolute Gasteiger partial charge is 0.384 e. The molecule has 1 heterocycles. The summed E-state index contributed by atoms with van der Waals surface area (Å²) in [4.78, 5) is 13.8.